The Bertz CT molecular complexity index is 434. The molecule has 0 amide bonds. The van der Waals surface area contributed by atoms with Crippen molar-refractivity contribution < 1.29 is 8.78 Å². The summed E-state index contributed by atoms with van der Waals surface area (Å²) < 4.78 is 25.8. The van der Waals surface area contributed by atoms with Gasteiger partial charge in [-0.1, -0.05) is 18.2 Å². The van der Waals surface area contributed by atoms with E-state index in [1.54, 1.807) is 12.1 Å². The Morgan fingerprint density at radius 1 is 1.35 bits per heavy atom. The first-order valence-corrected chi connectivity index (χ1v) is 7.38. The molecule has 112 valence electrons. The molecule has 0 saturated carbocycles. The third-order valence-electron chi connectivity index (χ3n) is 4.27. The van der Waals surface area contributed by atoms with Gasteiger partial charge in [-0.05, 0) is 57.3 Å². The van der Waals surface area contributed by atoms with Crippen LogP contribution in [0, 0.1) is 5.92 Å². The van der Waals surface area contributed by atoms with E-state index in [4.69, 9.17) is 5.73 Å². The number of halogens is 2. The molecule has 0 spiro atoms. The lowest BCUT2D eigenvalue weighted by molar-refractivity contribution is 0.0662. The number of nitrogens with zero attached hydrogens (tertiary/aromatic N) is 1. The van der Waals surface area contributed by atoms with Crippen molar-refractivity contribution in [2.75, 3.05) is 13.1 Å². The molecule has 20 heavy (non-hydrogen) atoms. The lowest BCUT2D eigenvalue weighted by atomic mass is 9.83. The zero-order chi connectivity index (χ0) is 14.7. The second-order valence-corrected chi connectivity index (χ2v) is 5.89. The van der Waals surface area contributed by atoms with Gasteiger partial charge in [0.15, 0.2) is 0 Å². The molecule has 2 unspecified atom stereocenters. The number of hydrogen-bond donors (Lipinski definition) is 1. The van der Waals surface area contributed by atoms with Gasteiger partial charge in [0, 0.05) is 17.6 Å². The maximum atomic E-state index is 12.9. The minimum atomic E-state index is -2.41. The van der Waals surface area contributed by atoms with E-state index in [1.807, 2.05) is 6.07 Å². The highest BCUT2D eigenvalue weighted by atomic mass is 19.3. The molecular weight excluding hydrogens is 258 g/mol. The van der Waals surface area contributed by atoms with Crippen molar-refractivity contribution in [1.29, 1.82) is 0 Å². The summed E-state index contributed by atoms with van der Waals surface area (Å²) in [4.78, 5) is 2.39. The van der Waals surface area contributed by atoms with Gasteiger partial charge in [0.05, 0.1) is 0 Å². The molecule has 1 saturated heterocycles. The Morgan fingerprint density at radius 3 is 2.70 bits per heavy atom. The van der Waals surface area contributed by atoms with Crippen LogP contribution in [0.25, 0.3) is 0 Å². The summed E-state index contributed by atoms with van der Waals surface area (Å²) in [5.41, 5.74) is 7.00. The molecular formula is C16H24F2N2. The van der Waals surface area contributed by atoms with Crippen LogP contribution in [0.5, 0.6) is 0 Å². The molecule has 2 N–H and O–H groups in total. The molecule has 4 heteroatoms. The van der Waals surface area contributed by atoms with Crippen LogP contribution in [0.15, 0.2) is 24.3 Å². The maximum Gasteiger partial charge on any atom is 0.263 e. The Morgan fingerprint density at radius 2 is 2.10 bits per heavy atom. The summed E-state index contributed by atoms with van der Waals surface area (Å²) in [7, 11) is 0. The largest absolute Gasteiger partial charge is 0.330 e. The predicted molar refractivity (Wildman–Crippen MR) is 77.8 cm³/mol. The number of piperidine rings is 1. The molecule has 1 heterocycles. The Labute approximate surface area is 120 Å². The third-order valence-corrected chi connectivity index (χ3v) is 4.27. The first kappa shape index (κ1) is 15.4. The van der Waals surface area contributed by atoms with E-state index < -0.39 is 6.43 Å². The summed E-state index contributed by atoms with van der Waals surface area (Å²) in [5, 5.41) is 0. The molecule has 1 aliphatic rings. The summed E-state index contributed by atoms with van der Waals surface area (Å²) in [6.07, 6.45) is -0.212. The highest BCUT2D eigenvalue weighted by Crippen LogP contribution is 2.37. The molecule has 1 aromatic carbocycles. The second-order valence-electron chi connectivity index (χ2n) is 5.89. The number of nitrogens with two attached hydrogens (primary N) is 1. The van der Waals surface area contributed by atoms with Crippen molar-refractivity contribution in [3.05, 3.63) is 35.4 Å². The normalized spacial score (nSPS) is 24.6. The fraction of sp³-hybridized carbons (Fsp3) is 0.625. The Balaban J connectivity index is 2.35. The third kappa shape index (κ3) is 3.18. The van der Waals surface area contributed by atoms with Crippen molar-refractivity contribution in [2.45, 2.75) is 45.2 Å². The quantitative estimate of drug-likeness (QED) is 0.911. The molecule has 2 nitrogen and oxygen atoms in total. The number of rotatable bonds is 4. The second kappa shape index (κ2) is 6.64. The van der Waals surface area contributed by atoms with Gasteiger partial charge in [-0.15, -0.1) is 0 Å². The van der Waals surface area contributed by atoms with E-state index in [1.165, 1.54) is 6.07 Å². The van der Waals surface area contributed by atoms with E-state index in [9.17, 15) is 8.78 Å². The van der Waals surface area contributed by atoms with Gasteiger partial charge in [0.2, 0.25) is 0 Å². The van der Waals surface area contributed by atoms with Crippen LogP contribution in [0.4, 0.5) is 8.78 Å². The molecule has 1 aromatic rings. The lowest BCUT2D eigenvalue weighted by Crippen LogP contribution is -2.45. The number of likely N-dealkylation sites (tertiary alicyclic amines) is 1. The van der Waals surface area contributed by atoms with Crippen molar-refractivity contribution in [2.24, 2.45) is 11.7 Å². The highest BCUT2D eigenvalue weighted by molar-refractivity contribution is 5.28. The number of alkyl halides is 2. The average molecular weight is 282 g/mol. The fourth-order valence-electron chi connectivity index (χ4n) is 3.27. The van der Waals surface area contributed by atoms with Gasteiger partial charge in [0.1, 0.15) is 0 Å². The smallest absolute Gasteiger partial charge is 0.263 e. The SMILES string of the molecule is CC(C)N1CCCC(CN)C1c1cccc(C(F)F)c1. The number of benzene rings is 1. The van der Waals surface area contributed by atoms with Crippen LogP contribution in [0.1, 0.15) is 50.3 Å². The topological polar surface area (TPSA) is 29.3 Å². The van der Waals surface area contributed by atoms with Crippen LogP contribution in [-0.2, 0) is 0 Å². The summed E-state index contributed by atoms with van der Waals surface area (Å²) in [5.74, 6) is 0.346. The molecule has 0 aliphatic carbocycles. The molecule has 2 atom stereocenters. The van der Waals surface area contributed by atoms with Gasteiger partial charge in [-0.3, -0.25) is 4.90 Å². The Hall–Kier alpha value is -1.00. The van der Waals surface area contributed by atoms with Crippen LogP contribution in [-0.4, -0.2) is 24.0 Å². The summed E-state index contributed by atoms with van der Waals surface area (Å²) in [6, 6.07) is 7.39. The van der Waals surface area contributed by atoms with Gasteiger partial charge < -0.3 is 5.73 Å². The van der Waals surface area contributed by atoms with Gasteiger partial charge >= 0.3 is 0 Å². The monoisotopic (exact) mass is 282 g/mol. The van der Waals surface area contributed by atoms with Crippen molar-refractivity contribution in [1.82, 2.24) is 4.90 Å². The summed E-state index contributed by atoms with van der Waals surface area (Å²) >= 11 is 0. The van der Waals surface area contributed by atoms with Crippen molar-refractivity contribution in [3.8, 4) is 0 Å². The predicted octanol–water partition coefficient (Wildman–Crippen LogP) is 3.74. The zero-order valence-corrected chi connectivity index (χ0v) is 12.2. The molecule has 0 bridgehead atoms. The standard InChI is InChI=1S/C16H24F2N2/c1-11(2)20-8-4-7-14(10-19)15(20)12-5-3-6-13(9-12)16(17)18/h3,5-6,9,11,14-16H,4,7-8,10,19H2,1-2H3. The maximum absolute atomic E-state index is 12.9. The van der Waals surface area contributed by atoms with Gasteiger partial charge in [-0.2, -0.15) is 0 Å². The minimum Gasteiger partial charge on any atom is -0.330 e. The van der Waals surface area contributed by atoms with Crippen LogP contribution >= 0.6 is 0 Å². The summed E-state index contributed by atoms with van der Waals surface area (Å²) in [6.45, 7) is 5.93. The van der Waals surface area contributed by atoms with Crippen LogP contribution in [0.3, 0.4) is 0 Å². The molecule has 1 fully saturated rings. The van der Waals surface area contributed by atoms with E-state index >= 15 is 0 Å². The Kier molecular flexibility index (Phi) is 5.11. The van der Waals surface area contributed by atoms with Crippen molar-refractivity contribution in [3.63, 3.8) is 0 Å². The van der Waals surface area contributed by atoms with E-state index in [0.29, 0.717) is 18.5 Å². The molecule has 1 aliphatic heterocycles. The highest BCUT2D eigenvalue weighted by Gasteiger charge is 2.33. The fourth-order valence-corrected chi connectivity index (χ4v) is 3.27. The van der Waals surface area contributed by atoms with E-state index in [2.05, 4.69) is 18.7 Å². The molecule has 0 aromatic heterocycles. The molecule has 2 rings (SSSR count). The van der Waals surface area contributed by atoms with Gasteiger partial charge in [0.25, 0.3) is 6.43 Å². The van der Waals surface area contributed by atoms with E-state index in [0.717, 1.165) is 24.9 Å². The minimum absolute atomic E-state index is 0.104. The first-order valence-electron chi connectivity index (χ1n) is 7.38. The van der Waals surface area contributed by atoms with Crippen LogP contribution < -0.4 is 5.73 Å². The molecule has 0 radical (unpaired) electrons. The van der Waals surface area contributed by atoms with E-state index in [-0.39, 0.29) is 11.6 Å². The lowest BCUT2D eigenvalue weighted by Gasteiger charge is -2.43. The average Bonchev–Trinajstić information content (AvgIpc) is 2.46. The van der Waals surface area contributed by atoms with Gasteiger partial charge in [-0.25, -0.2) is 8.78 Å². The van der Waals surface area contributed by atoms with Crippen molar-refractivity contribution >= 4 is 0 Å². The number of hydrogen-bond acceptors (Lipinski definition) is 2. The van der Waals surface area contributed by atoms with Crippen LogP contribution in [0.2, 0.25) is 0 Å². The first-order chi connectivity index (χ1) is 9.54. The zero-order valence-electron chi connectivity index (χ0n) is 12.2.